The first kappa shape index (κ1) is 33.1. The lowest BCUT2D eigenvalue weighted by Crippen LogP contribution is -2.52. The van der Waals surface area contributed by atoms with Gasteiger partial charge in [-0.15, -0.1) is 0 Å². The summed E-state index contributed by atoms with van der Waals surface area (Å²) < 4.78 is 27.4. The van der Waals surface area contributed by atoms with Gasteiger partial charge in [0.25, 0.3) is 0 Å². The van der Waals surface area contributed by atoms with Gasteiger partial charge in [-0.05, 0) is 109 Å². The van der Waals surface area contributed by atoms with Gasteiger partial charge in [-0.3, -0.25) is 13.9 Å². The molecule has 4 aliphatic carbocycles. The van der Waals surface area contributed by atoms with Gasteiger partial charge in [-0.2, -0.15) is 0 Å². The van der Waals surface area contributed by atoms with E-state index in [1.807, 2.05) is 32.9 Å². The van der Waals surface area contributed by atoms with Crippen molar-refractivity contribution < 1.29 is 18.0 Å². The van der Waals surface area contributed by atoms with Crippen LogP contribution < -0.4 is 9.62 Å². The fourth-order valence-electron chi connectivity index (χ4n) is 8.23. The minimum Gasteiger partial charge on any atom is -0.354 e. The van der Waals surface area contributed by atoms with Crippen LogP contribution in [0, 0.1) is 23.7 Å². The molecule has 44 heavy (non-hydrogen) atoms. The Labute approximate surface area is 272 Å². The van der Waals surface area contributed by atoms with Gasteiger partial charge in [0.1, 0.15) is 12.6 Å². The molecule has 2 aromatic carbocycles. The zero-order valence-corrected chi connectivity index (χ0v) is 28.5. The van der Waals surface area contributed by atoms with E-state index in [9.17, 15) is 18.0 Å². The SMILES string of the molecule is CC[C@H](C(=O)NCC(C)C)N(Cc1ccc(Cl)cc1Cl)C(=O)CN(c1ccc(C23CC4CC(CC(C4)C2)C3)cc1)S(C)(=O)=O. The number of sulfonamides is 1. The number of amides is 2. The molecular formula is C34H45Cl2N3O4S. The second-order valence-corrected chi connectivity index (χ2v) is 16.6. The maximum atomic E-state index is 14.1. The summed E-state index contributed by atoms with van der Waals surface area (Å²) in [6, 6.07) is 12.0. The molecule has 7 nitrogen and oxygen atoms in total. The number of nitrogens with one attached hydrogen (secondary N) is 1. The average Bonchev–Trinajstić information content (AvgIpc) is 2.94. The summed E-state index contributed by atoms with van der Waals surface area (Å²) in [5, 5.41) is 3.76. The number of benzene rings is 2. The highest BCUT2D eigenvalue weighted by Crippen LogP contribution is 2.60. The molecule has 4 saturated carbocycles. The second kappa shape index (κ2) is 13.2. The highest BCUT2D eigenvalue weighted by Gasteiger charge is 2.51. The third kappa shape index (κ3) is 7.23. The predicted octanol–water partition coefficient (Wildman–Crippen LogP) is 6.81. The van der Waals surface area contributed by atoms with Gasteiger partial charge in [-0.25, -0.2) is 8.42 Å². The van der Waals surface area contributed by atoms with Crippen molar-refractivity contribution in [3.05, 3.63) is 63.6 Å². The lowest BCUT2D eigenvalue weighted by atomic mass is 9.48. The fraction of sp³-hybridized carbons (Fsp3) is 0.588. The van der Waals surface area contributed by atoms with Crippen molar-refractivity contribution in [3.8, 4) is 0 Å². The molecule has 0 radical (unpaired) electrons. The number of carbonyl (C=O) groups is 2. The number of nitrogens with zero attached hydrogens (tertiary/aromatic N) is 2. The number of hydrogen-bond acceptors (Lipinski definition) is 4. The van der Waals surface area contributed by atoms with Gasteiger partial charge in [-0.1, -0.05) is 62.2 Å². The largest absolute Gasteiger partial charge is 0.354 e. The van der Waals surface area contributed by atoms with Crippen molar-refractivity contribution >= 4 is 50.7 Å². The molecule has 2 aromatic rings. The van der Waals surface area contributed by atoms with Crippen molar-refractivity contribution in [2.45, 2.75) is 83.7 Å². The van der Waals surface area contributed by atoms with Crippen LogP contribution in [0.4, 0.5) is 5.69 Å². The maximum absolute atomic E-state index is 14.1. The van der Waals surface area contributed by atoms with Crippen LogP contribution >= 0.6 is 23.2 Å². The first-order chi connectivity index (χ1) is 20.8. The topological polar surface area (TPSA) is 86.8 Å². The summed E-state index contributed by atoms with van der Waals surface area (Å²) in [5.74, 6) is 1.86. The highest BCUT2D eigenvalue weighted by atomic mass is 35.5. The molecule has 0 unspecified atom stereocenters. The standard InChI is InChI=1S/C34H45Cl2N3O4S/c1-5-31(33(41)37-19-22(2)3)38(20-26-6-9-28(35)15-30(26)36)32(40)21-39(44(4,42)43)29-10-7-27(8-11-29)34-16-23-12-24(17-34)14-25(13-23)18-34/h6-11,15,22-25,31H,5,12-14,16-21H2,1-4H3,(H,37,41)/t23?,24?,25?,31-,34?/m1/s1. The summed E-state index contributed by atoms with van der Waals surface area (Å²) in [5.41, 5.74) is 2.53. The van der Waals surface area contributed by atoms with Gasteiger partial charge in [0.15, 0.2) is 0 Å². The Kier molecular flexibility index (Phi) is 9.93. The summed E-state index contributed by atoms with van der Waals surface area (Å²) >= 11 is 12.6. The van der Waals surface area contributed by atoms with Gasteiger partial charge in [0.2, 0.25) is 21.8 Å². The van der Waals surface area contributed by atoms with Gasteiger partial charge in [0, 0.05) is 23.1 Å². The number of hydrogen-bond donors (Lipinski definition) is 1. The second-order valence-electron chi connectivity index (χ2n) is 13.8. The molecule has 4 aliphatic rings. The Bertz CT molecular complexity index is 1440. The third-order valence-electron chi connectivity index (χ3n) is 9.91. The molecular weight excluding hydrogens is 617 g/mol. The fourth-order valence-corrected chi connectivity index (χ4v) is 9.55. The minimum absolute atomic E-state index is 0.0327. The molecule has 2 amide bonds. The molecule has 0 heterocycles. The Hall–Kier alpha value is -2.29. The van der Waals surface area contributed by atoms with E-state index in [4.69, 9.17) is 23.2 Å². The Morgan fingerprint density at radius 3 is 2.07 bits per heavy atom. The van der Waals surface area contributed by atoms with Crippen LogP contribution in [0.1, 0.15) is 76.8 Å². The molecule has 240 valence electrons. The molecule has 0 saturated heterocycles. The van der Waals surface area contributed by atoms with E-state index < -0.39 is 28.5 Å². The molecule has 0 aromatic heterocycles. The van der Waals surface area contributed by atoms with Crippen LogP contribution in [0.3, 0.4) is 0 Å². The van der Waals surface area contributed by atoms with Crippen LogP contribution in [0.2, 0.25) is 10.0 Å². The molecule has 1 atom stereocenters. The van der Waals surface area contributed by atoms with E-state index in [0.717, 1.165) is 28.3 Å². The number of rotatable bonds is 12. The van der Waals surface area contributed by atoms with Crippen LogP contribution in [0.15, 0.2) is 42.5 Å². The van der Waals surface area contributed by atoms with Crippen molar-refractivity contribution in [1.82, 2.24) is 10.2 Å². The first-order valence-electron chi connectivity index (χ1n) is 15.9. The van der Waals surface area contributed by atoms with Crippen LogP contribution in [-0.2, 0) is 31.6 Å². The van der Waals surface area contributed by atoms with Crippen LogP contribution in [-0.4, -0.2) is 50.5 Å². The summed E-state index contributed by atoms with van der Waals surface area (Å²) in [6.45, 7) is 5.89. The Morgan fingerprint density at radius 2 is 1.57 bits per heavy atom. The van der Waals surface area contributed by atoms with E-state index >= 15 is 0 Å². The Balaban J connectivity index is 1.41. The highest BCUT2D eigenvalue weighted by molar-refractivity contribution is 7.92. The third-order valence-corrected chi connectivity index (χ3v) is 11.6. The molecule has 6 rings (SSSR count). The molecule has 4 bridgehead atoms. The molecule has 0 spiro atoms. The Morgan fingerprint density at radius 1 is 0.977 bits per heavy atom. The molecule has 10 heteroatoms. The molecule has 0 aliphatic heterocycles. The predicted molar refractivity (Wildman–Crippen MR) is 177 cm³/mol. The van der Waals surface area contributed by atoms with Crippen molar-refractivity contribution in [2.24, 2.45) is 23.7 Å². The number of halogens is 2. The van der Waals surface area contributed by atoms with E-state index in [-0.39, 0.29) is 23.8 Å². The van der Waals surface area contributed by atoms with Gasteiger partial charge < -0.3 is 10.2 Å². The average molecular weight is 663 g/mol. The van der Waals surface area contributed by atoms with Gasteiger partial charge >= 0.3 is 0 Å². The monoisotopic (exact) mass is 661 g/mol. The summed E-state index contributed by atoms with van der Waals surface area (Å²) in [4.78, 5) is 28.8. The van der Waals surface area contributed by atoms with E-state index in [1.165, 1.54) is 49.0 Å². The van der Waals surface area contributed by atoms with Crippen molar-refractivity contribution in [1.29, 1.82) is 0 Å². The maximum Gasteiger partial charge on any atom is 0.244 e. The van der Waals surface area contributed by atoms with Crippen LogP contribution in [0.25, 0.3) is 0 Å². The van der Waals surface area contributed by atoms with E-state index in [1.54, 1.807) is 18.2 Å². The van der Waals surface area contributed by atoms with Gasteiger partial charge in [0.05, 0.1) is 11.9 Å². The number of anilines is 1. The smallest absolute Gasteiger partial charge is 0.244 e. The minimum atomic E-state index is -3.82. The lowest BCUT2D eigenvalue weighted by Gasteiger charge is -2.57. The summed E-state index contributed by atoms with van der Waals surface area (Å²) in [7, 11) is -3.82. The zero-order valence-electron chi connectivity index (χ0n) is 26.2. The number of carbonyl (C=O) groups excluding carboxylic acids is 2. The van der Waals surface area contributed by atoms with E-state index in [0.29, 0.717) is 34.3 Å². The lowest BCUT2D eigenvalue weighted by molar-refractivity contribution is -0.140. The summed E-state index contributed by atoms with van der Waals surface area (Å²) in [6.07, 6.45) is 9.16. The van der Waals surface area contributed by atoms with Crippen LogP contribution in [0.5, 0.6) is 0 Å². The van der Waals surface area contributed by atoms with Crippen molar-refractivity contribution in [2.75, 3.05) is 23.7 Å². The first-order valence-corrected chi connectivity index (χ1v) is 18.5. The normalized spacial score (nSPS) is 24.8. The molecule has 1 N–H and O–H groups in total. The van der Waals surface area contributed by atoms with Crippen molar-refractivity contribution in [3.63, 3.8) is 0 Å². The van der Waals surface area contributed by atoms with E-state index in [2.05, 4.69) is 17.4 Å². The quantitative estimate of drug-likeness (QED) is 0.271. The zero-order chi connectivity index (χ0) is 31.8. The molecule has 4 fully saturated rings.